The van der Waals surface area contributed by atoms with Crippen molar-refractivity contribution in [2.24, 2.45) is 5.73 Å². The van der Waals surface area contributed by atoms with E-state index in [1.807, 2.05) is 30.8 Å². The Morgan fingerprint density at radius 1 is 1.32 bits per heavy atom. The molecule has 2 atom stereocenters. The fourth-order valence-corrected chi connectivity index (χ4v) is 2.87. The Morgan fingerprint density at radius 2 is 1.95 bits per heavy atom. The fourth-order valence-electron chi connectivity index (χ4n) is 2.16. The van der Waals surface area contributed by atoms with E-state index in [0.29, 0.717) is 19.2 Å². The maximum absolute atomic E-state index is 5.96. The highest BCUT2D eigenvalue weighted by atomic mass is 32.2. The van der Waals surface area contributed by atoms with Crippen molar-refractivity contribution >= 4 is 11.8 Å². The normalized spacial score (nSPS) is 14.4. The van der Waals surface area contributed by atoms with Gasteiger partial charge in [-0.3, -0.25) is 4.90 Å². The lowest BCUT2D eigenvalue weighted by atomic mass is 10.0. The molecule has 0 amide bonds. The van der Waals surface area contributed by atoms with Crippen LogP contribution in [-0.2, 0) is 0 Å². The van der Waals surface area contributed by atoms with Gasteiger partial charge in [-0.05, 0) is 44.8 Å². The van der Waals surface area contributed by atoms with E-state index in [-0.39, 0.29) is 6.04 Å². The van der Waals surface area contributed by atoms with E-state index in [2.05, 4.69) is 37.3 Å². The molecule has 3 nitrogen and oxygen atoms in total. The molecule has 0 radical (unpaired) electrons. The van der Waals surface area contributed by atoms with Crippen molar-refractivity contribution in [1.82, 2.24) is 4.90 Å². The number of rotatable bonds is 8. The lowest BCUT2D eigenvalue weighted by molar-refractivity contribution is 0.204. The highest BCUT2D eigenvalue weighted by Crippen LogP contribution is 2.23. The molecule has 0 spiro atoms. The van der Waals surface area contributed by atoms with E-state index >= 15 is 0 Å². The number of benzene rings is 1. The van der Waals surface area contributed by atoms with Crippen molar-refractivity contribution in [2.75, 3.05) is 32.2 Å². The summed E-state index contributed by atoms with van der Waals surface area (Å²) in [6, 6.07) is 9.05. The predicted octanol–water partition coefficient (Wildman–Crippen LogP) is 2.77. The van der Waals surface area contributed by atoms with Crippen LogP contribution >= 0.6 is 11.8 Å². The smallest absolute Gasteiger partial charge is 0.119 e. The Bertz CT molecular complexity index is 356. The molecule has 0 aromatic heterocycles. The molecule has 2 unspecified atom stereocenters. The molecule has 0 aliphatic rings. The topological polar surface area (TPSA) is 38.5 Å². The van der Waals surface area contributed by atoms with Crippen LogP contribution in [0, 0.1) is 0 Å². The monoisotopic (exact) mass is 282 g/mol. The molecule has 1 rings (SSSR count). The van der Waals surface area contributed by atoms with Gasteiger partial charge in [0.25, 0.3) is 0 Å². The minimum Gasteiger partial charge on any atom is -0.494 e. The van der Waals surface area contributed by atoms with Crippen LogP contribution in [0.5, 0.6) is 5.75 Å². The minimum atomic E-state index is 0.262. The van der Waals surface area contributed by atoms with Gasteiger partial charge in [0.1, 0.15) is 5.75 Å². The number of nitrogens with two attached hydrogens (primary N) is 1. The zero-order valence-corrected chi connectivity index (χ0v) is 13.2. The van der Waals surface area contributed by atoms with Crippen LogP contribution in [0.15, 0.2) is 24.3 Å². The summed E-state index contributed by atoms with van der Waals surface area (Å²) < 4.78 is 5.47. The van der Waals surface area contributed by atoms with Gasteiger partial charge in [-0.15, -0.1) is 0 Å². The fraction of sp³-hybridized carbons (Fsp3) is 0.600. The Morgan fingerprint density at radius 3 is 2.42 bits per heavy atom. The second-order valence-corrected chi connectivity index (χ2v) is 5.63. The molecule has 0 heterocycles. The average Bonchev–Trinajstić information content (AvgIpc) is 2.42. The molecule has 108 valence electrons. The first-order chi connectivity index (χ1) is 9.13. The standard InChI is InChI=1S/C15H26N2OS/c1-5-18-14-8-6-13(7-9-14)15(10-16)17(3)12(2)11-19-4/h6-9,12,15H,5,10-11,16H2,1-4H3. The Hall–Kier alpha value is -0.710. The third-order valence-corrected chi connectivity index (χ3v) is 4.21. The van der Waals surface area contributed by atoms with Crippen molar-refractivity contribution in [3.05, 3.63) is 29.8 Å². The summed E-state index contributed by atoms with van der Waals surface area (Å²) >= 11 is 1.87. The van der Waals surface area contributed by atoms with E-state index in [4.69, 9.17) is 10.5 Å². The summed E-state index contributed by atoms with van der Waals surface area (Å²) in [5.41, 5.74) is 7.21. The maximum atomic E-state index is 5.96. The quantitative estimate of drug-likeness (QED) is 0.796. The average molecular weight is 282 g/mol. The van der Waals surface area contributed by atoms with E-state index in [0.717, 1.165) is 11.5 Å². The summed E-state index contributed by atoms with van der Waals surface area (Å²) in [6.07, 6.45) is 2.14. The number of thioether (sulfide) groups is 1. The number of nitrogens with zero attached hydrogens (tertiary/aromatic N) is 1. The van der Waals surface area contributed by atoms with Crippen molar-refractivity contribution < 1.29 is 4.74 Å². The SMILES string of the molecule is CCOc1ccc(C(CN)N(C)C(C)CSC)cc1. The molecule has 1 aromatic carbocycles. The van der Waals surface area contributed by atoms with Crippen LogP contribution in [0.4, 0.5) is 0 Å². The van der Waals surface area contributed by atoms with Gasteiger partial charge in [0.15, 0.2) is 0 Å². The van der Waals surface area contributed by atoms with Crippen LogP contribution in [0.3, 0.4) is 0 Å². The number of hydrogen-bond donors (Lipinski definition) is 1. The van der Waals surface area contributed by atoms with Crippen molar-refractivity contribution in [3.63, 3.8) is 0 Å². The number of hydrogen-bond acceptors (Lipinski definition) is 4. The molecule has 0 aliphatic carbocycles. The zero-order chi connectivity index (χ0) is 14.3. The van der Waals surface area contributed by atoms with Crippen molar-refractivity contribution in [3.8, 4) is 5.75 Å². The van der Waals surface area contributed by atoms with E-state index in [9.17, 15) is 0 Å². The summed E-state index contributed by atoms with van der Waals surface area (Å²) in [6.45, 7) is 5.57. The number of ether oxygens (including phenoxy) is 1. The largest absolute Gasteiger partial charge is 0.494 e. The van der Waals surface area contributed by atoms with Crippen molar-refractivity contribution in [1.29, 1.82) is 0 Å². The second-order valence-electron chi connectivity index (χ2n) is 4.72. The molecule has 0 saturated heterocycles. The molecular formula is C15H26N2OS. The molecule has 0 fully saturated rings. The van der Waals surface area contributed by atoms with Gasteiger partial charge in [-0.2, -0.15) is 11.8 Å². The Kier molecular flexibility index (Phi) is 7.28. The van der Waals surface area contributed by atoms with E-state index < -0.39 is 0 Å². The molecule has 0 aliphatic heterocycles. The predicted molar refractivity (Wildman–Crippen MR) is 85.0 cm³/mol. The molecule has 1 aromatic rings. The molecule has 0 saturated carbocycles. The van der Waals surface area contributed by atoms with Gasteiger partial charge in [-0.1, -0.05) is 12.1 Å². The second kappa shape index (κ2) is 8.46. The van der Waals surface area contributed by atoms with Gasteiger partial charge in [0, 0.05) is 24.4 Å². The van der Waals surface area contributed by atoms with Crippen LogP contribution in [0.2, 0.25) is 0 Å². The molecule has 0 bridgehead atoms. The molecule has 2 N–H and O–H groups in total. The number of likely N-dealkylation sites (N-methyl/N-ethyl adjacent to an activating group) is 1. The first-order valence-corrected chi connectivity index (χ1v) is 8.17. The van der Waals surface area contributed by atoms with E-state index in [1.54, 1.807) is 0 Å². The van der Waals surface area contributed by atoms with Crippen LogP contribution in [0.1, 0.15) is 25.5 Å². The Balaban J connectivity index is 2.78. The first-order valence-electron chi connectivity index (χ1n) is 6.77. The van der Waals surface area contributed by atoms with E-state index in [1.165, 1.54) is 5.56 Å². The summed E-state index contributed by atoms with van der Waals surface area (Å²) in [5, 5.41) is 0. The third kappa shape index (κ3) is 4.71. The van der Waals surface area contributed by atoms with Gasteiger partial charge in [0.05, 0.1) is 6.61 Å². The minimum absolute atomic E-state index is 0.262. The summed E-state index contributed by atoms with van der Waals surface area (Å²) in [5.74, 6) is 2.03. The molecule has 19 heavy (non-hydrogen) atoms. The molecular weight excluding hydrogens is 256 g/mol. The van der Waals surface area contributed by atoms with Crippen LogP contribution in [0.25, 0.3) is 0 Å². The zero-order valence-electron chi connectivity index (χ0n) is 12.4. The summed E-state index contributed by atoms with van der Waals surface area (Å²) in [4.78, 5) is 2.35. The highest BCUT2D eigenvalue weighted by Gasteiger charge is 2.19. The lowest BCUT2D eigenvalue weighted by Crippen LogP contribution is -2.38. The molecule has 4 heteroatoms. The van der Waals surface area contributed by atoms with Gasteiger partial charge < -0.3 is 10.5 Å². The van der Waals surface area contributed by atoms with Gasteiger partial charge in [-0.25, -0.2) is 0 Å². The lowest BCUT2D eigenvalue weighted by Gasteiger charge is -2.32. The third-order valence-electron chi connectivity index (χ3n) is 3.39. The maximum Gasteiger partial charge on any atom is 0.119 e. The van der Waals surface area contributed by atoms with Crippen molar-refractivity contribution in [2.45, 2.75) is 25.9 Å². The van der Waals surface area contributed by atoms with Gasteiger partial charge in [0.2, 0.25) is 0 Å². The summed E-state index contributed by atoms with van der Waals surface area (Å²) in [7, 11) is 2.15. The Labute approximate surface area is 121 Å². The van der Waals surface area contributed by atoms with Crippen LogP contribution in [-0.4, -0.2) is 43.1 Å². The highest BCUT2D eigenvalue weighted by molar-refractivity contribution is 7.98. The first kappa shape index (κ1) is 16.3. The van der Waals surface area contributed by atoms with Crippen LogP contribution < -0.4 is 10.5 Å². The van der Waals surface area contributed by atoms with Gasteiger partial charge >= 0.3 is 0 Å².